The van der Waals surface area contributed by atoms with Gasteiger partial charge in [-0.2, -0.15) is 0 Å². The van der Waals surface area contributed by atoms with Gasteiger partial charge in [0.1, 0.15) is 0 Å². The van der Waals surface area contributed by atoms with Crippen molar-refractivity contribution in [3.63, 3.8) is 0 Å². The molecule has 2 atom stereocenters. The van der Waals surface area contributed by atoms with Gasteiger partial charge in [-0.05, 0) is 31.3 Å². The maximum absolute atomic E-state index is 2.36. The van der Waals surface area contributed by atoms with Gasteiger partial charge in [0.25, 0.3) is 0 Å². The zero-order valence-corrected chi connectivity index (χ0v) is 9.81. The lowest BCUT2D eigenvalue weighted by Crippen LogP contribution is -2.31. The van der Waals surface area contributed by atoms with E-state index in [2.05, 4.69) is 53.6 Å². The average Bonchev–Trinajstić information content (AvgIpc) is 1.82. The molecule has 0 fully saturated rings. The highest BCUT2D eigenvalue weighted by atomic mass is 15.1. The molecule has 0 aliphatic rings. The van der Waals surface area contributed by atoms with Gasteiger partial charge in [0.2, 0.25) is 0 Å². The largest absolute Gasteiger partial charge is 0.309 e. The summed E-state index contributed by atoms with van der Waals surface area (Å²) in [6.45, 7) is 12.9. The van der Waals surface area contributed by atoms with Crippen molar-refractivity contribution in [2.24, 2.45) is 17.3 Å². The summed E-state index contributed by atoms with van der Waals surface area (Å²) >= 11 is 0. The van der Waals surface area contributed by atoms with Crippen molar-refractivity contribution in [2.45, 2.75) is 34.6 Å². The average molecular weight is 171 g/mol. The summed E-state index contributed by atoms with van der Waals surface area (Å²) in [5, 5.41) is 0. The van der Waals surface area contributed by atoms with Crippen molar-refractivity contribution in [3.05, 3.63) is 0 Å². The summed E-state index contributed by atoms with van der Waals surface area (Å²) in [7, 11) is 4.29. The number of hydrogen-bond donors (Lipinski definition) is 0. The van der Waals surface area contributed by atoms with E-state index in [9.17, 15) is 0 Å². The van der Waals surface area contributed by atoms with E-state index in [0.717, 1.165) is 11.8 Å². The van der Waals surface area contributed by atoms with Crippen LogP contribution in [0.15, 0.2) is 0 Å². The minimum absolute atomic E-state index is 0.440. The minimum Gasteiger partial charge on any atom is -0.309 e. The zero-order chi connectivity index (χ0) is 9.94. The van der Waals surface area contributed by atoms with Crippen LogP contribution in [0.2, 0.25) is 0 Å². The zero-order valence-electron chi connectivity index (χ0n) is 9.81. The molecule has 12 heavy (non-hydrogen) atoms. The van der Waals surface area contributed by atoms with Crippen LogP contribution in [0.1, 0.15) is 34.6 Å². The maximum Gasteiger partial charge on any atom is 0.000366 e. The SMILES string of the molecule is CC(CN(C)C)C(C)C(C)(C)C. The fourth-order valence-corrected chi connectivity index (χ4v) is 1.59. The van der Waals surface area contributed by atoms with Crippen LogP contribution in [-0.2, 0) is 0 Å². The monoisotopic (exact) mass is 171 g/mol. The van der Waals surface area contributed by atoms with Crippen LogP contribution >= 0.6 is 0 Å². The van der Waals surface area contributed by atoms with E-state index < -0.39 is 0 Å². The van der Waals surface area contributed by atoms with Crippen LogP contribution in [0.4, 0.5) is 0 Å². The molecule has 0 aromatic rings. The number of hydrogen-bond acceptors (Lipinski definition) is 1. The van der Waals surface area contributed by atoms with E-state index >= 15 is 0 Å². The van der Waals surface area contributed by atoms with Crippen molar-refractivity contribution in [1.82, 2.24) is 4.90 Å². The Balaban J connectivity index is 4.01. The number of nitrogens with zero attached hydrogens (tertiary/aromatic N) is 1. The van der Waals surface area contributed by atoms with Crippen LogP contribution < -0.4 is 0 Å². The fourth-order valence-electron chi connectivity index (χ4n) is 1.59. The van der Waals surface area contributed by atoms with Crippen molar-refractivity contribution in [1.29, 1.82) is 0 Å². The molecule has 1 nitrogen and oxygen atoms in total. The molecule has 1 heteroatoms. The van der Waals surface area contributed by atoms with E-state index in [1.165, 1.54) is 6.54 Å². The van der Waals surface area contributed by atoms with E-state index in [4.69, 9.17) is 0 Å². The minimum atomic E-state index is 0.440. The lowest BCUT2D eigenvalue weighted by Gasteiger charge is -2.33. The van der Waals surface area contributed by atoms with Crippen LogP contribution in [-0.4, -0.2) is 25.5 Å². The molecule has 0 bridgehead atoms. The van der Waals surface area contributed by atoms with Crippen LogP contribution in [0, 0.1) is 17.3 Å². The van der Waals surface area contributed by atoms with Gasteiger partial charge in [0.15, 0.2) is 0 Å². The summed E-state index contributed by atoms with van der Waals surface area (Å²) in [4.78, 5) is 2.27. The molecule has 0 rings (SSSR count). The van der Waals surface area contributed by atoms with Gasteiger partial charge in [0, 0.05) is 6.54 Å². The number of rotatable bonds is 3. The lowest BCUT2D eigenvalue weighted by molar-refractivity contribution is 0.159. The molecule has 0 saturated heterocycles. The summed E-state index contributed by atoms with van der Waals surface area (Å²) < 4.78 is 0. The Morgan fingerprint density at radius 3 is 1.75 bits per heavy atom. The fraction of sp³-hybridized carbons (Fsp3) is 1.00. The summed E-state index contributed by atoms with van der Waals surface area (Å²) in [6, 6.07) is 0. The van der Waals surface area contributed by atoms with Gasteiger partial charge in [0.05, 0.1) is 0 Å². The molecule has 0 radical (unpaired) electrons. The molecule has 0 saturated carbocycles. The molecular weight excluding hydrogens is 146 g/mol. The first-order valence-electron chi connectivity index (χ1n) is 4.90. The van der Waals surface area contributed by atoms with E-state index in [0.29, 0.717) is 5.41 Å². The Hall–Kier alpha value is -0.0400. The third-order valence-corrected chi connectivity index (χ3v) is 2.87. The second-order valence-electron chi connectivity index (χ2n) is 5.39. The molecule has 0 aromatic heterocycles. The molecule has 0 amide bonds. The summed E-state index contributed by atoms with van der Waals surface area (Å²) in [6.07, 6.45) is 0. The Labute approximate surface area is 78.1 Å². The third kappa shape index (κ3) is 4.10. The first-order chi connectivity index (χ1) is 5.25. The molecule has 0 aromatic carbocycles. The van der Waals surface area contributed by atoms with Crippen molar-refractivity contribution >= 4 is 0 Å². The summed E-state index contributed by atoms with van der Waals surface area (Å²) in [5.41, 5.74) is 0.440. The molecule has 2 unspecified atom stereocenters. The lowest BCUT2D eigenvalue weighted by atomic mass is 9.75. The maximum atomic E-state index is 2.36. The first-order valence-corrected chi connectivity index (χ1v) is 4.90. The highest BCUT2D eigenvalue weighted by molar-refractivity contribution is 4.75. The Morgan fingerprint density at radius 1 is 1.08 bits per heavy atom. The molecule has 0 spiro atoms. The van der Waals surface area contributed by atoms with Crippen LogP contribution in [0.3, 0.4) is 0 Å². The van der Waals surface area contributed by atoms with Crippen LogP contribution in [0.5, 0.6) is 0 Å². The van der Waals surface area contributed by atoms with E-state index in [1.54, 1.807) is 0 Å². The topological polar surface area (TPSA) is 3.24 Å². The van der Waals surface area contributed by atoms with Crippen molar-refractivity contribution in [3.8, 4) is 0 Å². The highest BCUT2D eigenvalue weighted by Gasteiger charge is 2.25. The summed E-state index contributed by atoms with van der Waals surface area (Å²) in [5.74, 6) is 1.56. The van der Waals surface area contributed by atoms with E-state index in [1.807, 2.05) is 0 Å². The van der Waals surface area contributed by atoms with Gasteiger partial charge < -0.3 is 4.90 Å². The van der Waals surface area contributed by atoms with Gasteiger partial charge in [-0.15, -0.1) is 0 Å². The smallest absolute Gasteiger partial charge is 0.000366 e. The normalized spacial score (nSPS) is 18.0. The molecule has 0 aliphatic carbocycles. The van der Waals surface area contributed by atoms with Gasteiger partial charge >= 0.3 is 0 Å². The molecular formula is C11H25N. The molecule has 74 valence electrons. The Kier molecular flexibility index (Phi) is 4.25. The predicted octanol–water partition coefficient (Wildman–Crippen LogP) is 2.87. The molecule has 0 heterocycles. The Morgan fingerprint density at radius 2 is 1.50 bits per heavy atom. The van der Waals surface area contributed by atoms with Gasteiger partial charge in [-0.25, -0.2) is 0 Å². The van der Waals surface area contributed by atoms with Gasteiger partial charge in [-0.1, -0.05) is 34.6 Å². The third-order valence-electron chi connectivity index (χ3n) is 2.87. The standard InChI is InChI=1S/C11H25N/c1-9(8-12(6)7)10(2)11(3,4)5/h9-10H,8H2,1-7H3. The quantitative estimate of drug-likeness (QED) is 0.631. The van der Waals surface area contributed by atoms with E-state index in [-0.39, 0.29) is 0 Å². The van der Waals surface area contributed by atoms with Crippen LogP contribution in [0.25, 0.3) is 0 Å². The van der Waals surface area contributed by atoms with Crippen molar-refractivity contribution < 1.29 is 0 Å². The van der Waals surface area contributed by atoms with Gasteiger partial charge in [-0.3, -0.25) is 0 Å². The second-order valence-corrected chi connectivity index (χ2v) is 5.39. The Bertz CT molecular complexity index is 121. The second kappa shape index (κ2) is 4.27. The highest BCUT2D eigenvalue weighted by Crippen LogP contribution is 2.31. The van der Waals surface area contributed by atoms with Crippen molar-refractivity contribution in [2.75, 3.05) is 20.6 Å². The molecule has 0 N–H and O–H groups in total. The first kappa shape index (κ1) is 12.0. The predicted molar refractivity (Wildman–Crippen MR) is 56.3 cm³/mol. The molecule has 0 aliphatic heterocycles.